The van der Waals surface area contributed by atoms with Crippen LogP contribution in [-0.2, 0) is 9.59 Å². The second-order valence-corrected chi connectivity index (χ2v) is 5.65. The van der Waals surface area contributed by atoms with Crippen LogP contribution in [-0.4, -0.2) is 72.2 Å². The van der Waals surface area contributed by atoms with Crippen molar-refractivity contribution < 1.29 is 14.7 Å². The summed E-state index contributed by atoms with van der Waals surface area (Å²) in [5, 5.41) is 13.7. The molecule has 2 fully saturated rings. The van der Waals surface area contributed by atoms with Crippen molar-refractivity contribution in [1.29, 1.82) is 0 Å². The van der Waals surface area contributed by atoms with Crippen LogP contribution >= 0.6 is 0 Å². The third-order valence-electron chi connectivity index (χ3n) is 4.15. The van der Waals surface area contributed by atoms with Crippen LogP contribution in [0.15, 0.2) is 0 Å². The third kappa shape index (κ3) is 3.06. The number of hydrazine groups is 1. The molecule has 19 heavy (non-hydrogen) atoms. The van der Waals surface area contributed by atoms with Crippen molar-refractivity contribution in [2.75, 3.05) is 40.3 Å². The maximum Gasteiger partial charge on any atom is 0.307 e. The topological polar surface area (TPSA) is 64.1 Å². The fourth-order valence-electron chi connectivity index (χ4n) is 3.05. The Labute approximate surface area is 113 Å². The van der Waals surface area contributed by atoms with E-state index < -0.39 is 17.8 Å². The monoisotopic (exact) mass is 269 g/mol. The molecule has 6 nitrogen and oxygen atoms in total. The van der Waals surface area contributed by atoms with Crippen molar-refractivity contribution in [2.45, 2.75) is 19.3 Å². The largest absolute Gasteiger partial charge is 0.481 e. The first-order chi connectivity index (χ1) is 9.00. The van der Waals surface area contributed by atoms with Crippen LogP contribution in [0.3, 0.4) is 0 Å². The number of hydrogen-bond acceptors (Lipinski definition) is 4. The number of carbonyl (C=O) groups excluding carboxylic acids is 1. The minimum atomic E-state index is -0.846. The number of amides is 1. The molecule has 2 atom stereocenters. The number of aliphatic carboxylic acids is 1. The molecule has 108 valence electrons. The summed E-state index contributed by atoms with van der Waals surface area (Å²) in [6.07, 6.45) is 2.92. The molecule has 2 unspecified atom stereocenters. The van der Waals surface area contributed by atoms with E-state index in [2.05, 4.69) is 10.0 Å². The van der Waals surface area contributed by atoms with E-state index in [1.807, 2.05) is 0 Å². The van der Waals surface area contributed by atoms with Crippen molar-refractivity contribution in [3.63, 3.8) is 0 Å². The van der Waals surface area contributed by atoms with E-state index in [0.717, 1.165) is 19.6 Å². The Morgan fingerprint density at radius 3 is 2.21 bits per heavy atom. The van der Waals surface area contributed by atoms with Gasteiger partial charge in [-0.15, -0.1) is 0 Å². The van der Waals surface area contributed by atoms with E-state index in [0.29, 0.717) is 13.0 Å². The number of carboxylic acids is 1. The van der Waals surface area contributed by atoms with E-state index in [4.69, 9.17) is 0 Å². The zero-order chi connectivity index (χ0) is 14.0. The maximum absolute atomic E-state index is 12.2. The quantitative estimate of drug-likeness (QED) is 0.788. The third-order valence-corrected chi connectivity index (χ3v) is 4.15. The van der Waals surface area contributed by atoms with Gasteiger partial charge in [0.1, 0.15) is 0 Å². The average molecular weight is 269 g/mol. The minimum absolute atomic E-state index is 0.0729. The molecule has 1 amide bonds. The molecule has 1 N–H and O–H groups in total. The van der Waals surface area contributed by atoms with Gasteiger partial charge >= 0.3 is 5.97 Å². The van der Waals surface area contributed by atoms with Crippen LogP contribution in [0, 0.1) is 11.8 Å². The molecule has 2 heterocycles. The summed E-state index contributed by atoms with van der Waals surface area (Å²) in [5.41, 5.74) is 0. The van der Waals surface area contributed by atoms with Gasteiger partial charge in [-0.25, -0.2) is 10.0 Å². The Bertz CT molecular complexity index is 353. The lowest BCUT2D eigenvalue weighted by Crippen LogP contribution is -2.54. The first-order valence-electron chi connectivity index (χ1n) is 6.94. The number of rotatable bonds is 3. The van der Waals surface area contributed by atoms with Crippen molar-refractivity contribution >= 4 is 11.9 Å². The summed E-state index contributed by atoms with van der Waals surface area (Å²) < 4.78 is 0. The summed E-state index contributed by atoms with van der Waals surface area (Å²) in [6.45, 7) is 3.34. The van der Waals surface area contributed by atoms with Gasteiger partial charge in [0, 0.05) is 40.3 Å². The van der Waals surface area contributed by atoms with Crippen LogP contribution < -0.4 is 0 Å². The van der Waals surface area contributed by atoms with Gasteiger partial charge in [-0.3, -0.25) is 9.59 Å². The highest BCUT2D eigenvalue weighted by atomic mass is 16.4. The van der Waals surface area contributed by atoms with Crippen LogP contribution in [0.5, 0.6) is 0 Å². The van der Waals surface area contributed by atoms with Gasteiger partial charge in [-0.05, 0) is 19.3 Å². The summed E-state index contributed by atoms with van der Waals surface area (Å²) in [5.74, 6) is -1.90. The number of piperidine rings is 1. The van der Waals surface area contributed by atoms with Gasteiger partial charge in [0.15, 0.2) is 0 Å². The standard InChI is InChI=1S/C13H23N3O3/c1-14(2)12(17)11-9-16(15-6-3-4-7-15)8-5-10(11)13(18)19/h10-11H,3-9H2,1-2H3,(H,18,19). The molecule has 0 spiro atoms. The van der Waals surface area contributed by atoms with Crippen LogP contribution in [0.25, 0.3) is 0 Å². The predicted octanol–water partition coefficient (Wildman–Crippen LogP) is 0.108. The zero-order valence-electron chi connectivity index (χ0n) is 11.7. The summed E-state index contributed by atoms with van der Waals surface area (Å²) in [7, 11) is 3.38. The molecular weight excluding hydrogens is 246 g/mol. The van der Waals surface area contributed by atoms with Gasteiger partial charge in [-0.2, -0.15) is 0 Å². The molecule has 0 aromatic carbocycles. The number of hydrogen-bond donors (Lipinski definition) is 1. The normalized spacial score (nSPS) is 29.4. The number of nitrogens with zero attached hydrogens (tertiary/aromatic N) is 3. The second-order valence-electron chi connectivity index (χ2n) is 5.65. The Morgan fingerprint density at radius 2 is 1.68 bits per heavy atom. The van der Waals surface area contributed by atoms with Gasteiger partial charge < -0.3 is 10.0 Å². The van der Waals surface area contributed by atoms with E-state index in [1.54, 1.807) is 14.1 Å². The van der Waals surface area contributed by atoms with Gasteiger partial charge in [0.25, 0.3) is 0 Å². The summed E-state index contributed by atoms with van der Waals surface area (Å²) in [4.78, 5) is 25.0. The predicted molar refractivity (Wildman–Crippen MR) is 70.3 cm³/mol. The van der Waals surface area contributed by atoms with Crippen LogP contribution in [0.1, 0.15) is 19.3 Å². The molecule has 0 aliphatic carbocycles. The fraction of sp³-hybridized carbons (Fsp3) is 0.846. The highest BCUT2D eigenvalue weighted by molar-refractivity contribution is 5.84. The Hall–Kier alpha value is -1.14. The van der Waals surface area contributed by atoms with Crippen LogP contribution in [0.2, 0.25) is 0 Å². The Morgan fingerprint density at radius 1 is 1.05 bits per heavy atom. The molecule has 2 saturated heterocycles. The Balaban J connectivity index is 2.08. The first-order valence-corrected chi connectivity index (χ1v) is 6.94. The second kappa shape index (κ2) is 5.88. The summed E-state index contributed by atoms with van der Waals surface area (Å²) in [6, 6.07) is 0. The van der Waals surface area contributed by atoms with Crippen molar-refractivity contribution in [2.24, 2.45) is 11.8 Å². The molecule has 2 rings (SSSR count). The minimum Gasteiger partial charge on any atom is -0.481 e. The molecule has 0 bridgehead atoms. The lowest BCUT2D eigenvalue weighted by molar-refractivity contribution is -0.157. The lowest BCUT2D eigenvalue weighted by atomic mass is 9.85. The smallest absolute Gasteiger partial charge is 0.307 e. The van der Waals surface area contributed by atoms with E-state index in [1.165, 1.54) is 17.7 Å². The van der Waals surface area contributed by atoms with E-state index >= 15 is 0 Å². The molecule has 6 heteroatoms. The molecule has 0 aromatic heterocycles. The lowest BCUT2D eigenvalue weighted by Gasteiger charge is -2.41. The molecule has 0 saturated carbocycles. The zero-order valence-corrected chi connectivity index (χ0v) is 11.7. The highest BCUT2D eigenvalue weighted by Gasteiger charge is 2.40. The number of carbonyl (C=O) groups is 2. The molecule has 0 aromatic rings. The van der Waals surface area contributed by atoms with Crippen LogP contribution in [0.4, 0.5) is 0 Å². The SMILES string of the molecule is CN(C)C(=O)C1CN(N2CCCC2)CCC1C(=O)O. The first kappa shape index (κ1) is 14.3. The molecular formula is C13H23N3O3. The van der Waals surface area contributed by atoms with Gasteiger partial charge in [0.05, 0.1) is 11.8 Å². The summed E-state index contributed by atoms with van der Waals surface area (Å²) >= 11 is 0. The van der Waals surface area contributed by atoms with E-state index in [-0.39, 0.29) is 5.91 Å². The molecule has 0 radical (unpaired) electrons. The average Bonchev–Trinajstić information content (AvgIpc) is 2.90. The van der Waals surface area contributed by atoms with Crippen molar-refractivity contribution in [3.05, 3.63) is 0 Å². The van der Waals surface area contributed by atoms with Crippen molar-refractivity contribution in [1.82, 2.24) is 14.9 Å². The molecule has 2 aliphatic heterocycles. The van der Waals surface area contributed by atoms with Gasteiger partial charge in [-0.1, -0.05) is 0 Å². The number of carboxylic acid groups (broad SMARTS) is 1. The highest BCUT2D eigenvalue weighted by Crippen LogP contribution is 2.27. The fourth-order valence-corrected chi connectivity index (χ4v) is 3.05. The maximum atomic E-state index is 12.2. The van der Waals surface area contributed by atoms with Gasteiger partial charge in [0.2, 0.25) is 5.91 Å². The Kier molecular flexibility index (Phi) is 4.42. The van der Waals surface area contributed by atoms with Crippen molar-refractivity contribution in [3.8, 4) is 0 Å². The molecule has 2 aliphatic rings. The van der Waals surface area contributed by atoms with E-state index in [9.17, 15) is 14.7 Å².